The van der Waals surface area contributed by atoms with Crippen molar-refractivity contribution < 1.29 is 9.23 Å². The number of para-hydroxylation sites is 1. The number of aromatic nitrogens is 1. The third kappa shape index (κ3) is 3.65. The van der Waals surface area contributed by atoms with Crippen molar-refractivity contribution in [1.82, 2.24) is 10.2 Å². The van der Waals surface area contributed by atoms with Crippen LogP contribution in [0.2, 0.25) is 0 Å². The molecule has 1 atom stereocenters. The monoisotopic (exact) mass is 401 g/mol. The Morgan fingerprint density at radius 1 is 1.00 bits per heavy atom. The minimum Gasteiger partial charge on any atom is -0.382 e. The molecule has 1 aliphatic rings. The molecule has 0 radical (unpaired) electrons. The average Bonchev–Trinajstić information content (AvgIpc) is 2.96. The van der Waals surface area contributed by atoms with Crippen LogP contribution >= 0.6 is 17.0 Å². The number of hydrogen-bond donors (Lipinski definition) is 1. The summed E-state index contributed by atoms with van der Waals surface area (Å²) in [6, 6.07) is 18.7. The summed E-state index contributed by atoms with van der Waals surface area (Å²) in [5.74, 6) is -0.0791. The van der Waals surface area contributed by atoms with E-state index in [0.717, 1.165) is 16.8 Å². The molecule has 0 aliphatic carbocycles. The van der Waals surface area contributed by atoms with Crippen LogP contribution < -0.4 is 10.3 Å². The molecule has 1 unspecified atom stereocenters. The molecule has 0 saturated carbocycles. The second kappa shape index (κ2) is 7.63. The van der Waals surface area contributed by atoms with Crippen molar-refractivity contribution in [2.24, 2.45) is 0 Å². The predicted octanol–water partition coefficient (Wildman–Crippen LogP) is 4.72. The first-order valence-electron chi connectivity index (χ1n) is 7.77. The molecule has 4 nitrogen and oxygen atoms in total. The molecular formula is C19H17BrFN3O. The number of nitrogens with zero attached hydrogens (tertiary/aromatic N) is 2. The first-order valence-corrected chi connectivity index (χ1v) is 7.77. The number of anilines is 1. The van der Waals surface area contributed by atoms with Gasteiger partial charge in [-0.3, -0.25) is 10.4 Å². The molecule has 0 saturated heterocycles. The maximum Gasteiger partial charge on any atom is 0.190 e. The first-order chi connectivity index (χ1) is 11.8. The van der Waals surface area contributed by atoms with E-state index in [1.807, 2.05) is 36.4 Å². The highest BCUT2D eigenvalue weighted by Gasteiger charge is 2.35. The van der Waals surface area contributed by atoms with Gasteiger partial charge in [0.05, 0.1) is 5.69 Å². The molecule has 0 fully saturated rings. The number of rotatable bonds is 4. The standard InChI is InChI=1S/C19H16FN3O.BrH/c20-17-8-4-7-16-18(13-14-5-2-1-3-6-14)23(24-19(16)17)22-15-9-11-21-12-10-15;/h1-12,18H,13H2,(H,21,22);1H. The predicted molar refractivity (Wildman–Crippen MR) is 99.9 cm³/mol. The fourth-order valence-electron chi connectivity index (χ4n) is 2.86. The van der Waals surface area contributed by atoms with Gasteiger partial charge in [-0.25, -0.2) is 4.39 Å². The van der Waals surface area contributed by atoms with Gasteiger partial charge in [0, 0.05) is 18.0 Å². The number of nitrogens with one attached hydrogen (secondary N) is 1. The largest absolute Gasteiger partial charge is 0.382 e. The van der Waals surface area contributed by atoms with E-state index in [1.54, 1.807) is 23.6 Å². The summed E-state index contributed by atoms with van der Waals surface area (Å²) in [6.45, 7) is 0. The molecule has 0 bridgehead atoms. The van der Waals surface area contributed by atoms with Gasteiger partial charge in [0.15, 0.2) is 11.6 Å². The third-order valence-corrected chi connectivity index (χ3v) is 4.02. The topological polar surface area (TPSA) is 37.4 Å². The highest BCUT2D eigenvalue weighted by Crippen LogP contribution is 2.40. The number of pyridine rings is 1. The van der Waals surface area contributed by atoms with E-state index in [0.29, 0.717) is 6.42 Å². The second-order valence-corrected chi connectivity index (χ2v) is 5.63. The minimum atomic E-state index is -0.357. The quantitative estimate of drug-likeness (QED) is 0.686. The zero-order valence-electron chi connectivity index (χ0n) is 13.3. The summed E-state index contributed by atoms with van der Waals surface area (Å²) in [7, 11) is 0. The van der Waals surface area contributed by atoms with Gasteiger partial charge in [-0.15, -0.1) is 17.0 Å². The normalized spacial score (nSPS) is 15.8. The summed E-state index contributed by atoms with van der Waals surface area (Å²) < 4.78 is 14.1. The lowest BCUT2D eigenvalue weighted by atomic mass is 9.99. The fourth-order valence-corrected chi connectivity index (χ4v) is 2.86. The summed E-state index contributed by atoms with van der Waals surface area (Å²) in [6.07, 6.45) is 4.09. The molecular weight excluding hydrogens is 385 g/mol. The SMILES string of the molecule is Br.Fc1cccc2c1ON(Nc1ccncc1)C2Cc1ccccc1. The van der Waals surface area contributed by atoms with Gasteiger partial charge in [0.25, 0.3) is 0 Å². The molecule has 6 heteroatoms. The van der Waals surface area contributed by atoms with Crippen molar-refractivity contribution in [1.29, 1.82) is 0 Å². The molecule has 2 heterocycles. The van der Waals surface area contributed by atoms with Crippen LogP contribution in [0, 0.1) is 5.82 Å². The van der Waals surface area contributed by atoms with Crippen LogP contribution in [-0.2, 0) is 6.42 Å². The number of hydrogen-bond acceptors (Lipinski definition) is 4. The zero-order chi connectivity index (χ0) is 16.4. The minimum absolute atomic E-state index is 0. The van der Waals surface area contributed by atoms with E-state index in [-0.39, 0.29) is 34.6 Å². The van der Waals surface area contributed by atoms with Crippen LogP contribution in [0.3, 0.4) is 0 Å². The lowest BCUT2D eigenvalue weighted by Gasteiger charge is -2.24. The smallest absolute Gasteiger partial charge is 0.190 e. The Morgan fingerprint density at radius 2 is 1.76 bits per heavy atom. The maximum atomic E-state index is 14.1. The van der Waals surface area contributed by atoms with E-state index in [4.69, 9.17) is 4.84 Å². The molecule has 0 amide bonds. The van der Waals surface area contributed by atoms with Crippen molar-refractivity contribution in [3.63, 3.8) is 0 Å². The first kappa shape index (κ1) is 17.4. The number of hydroxylamine groups is 1. The number of fused-ring (bicyclic) bond motifs is 1. The Labute approximate surface area is 156 Å². The molecule has 3 aromatic rings. The summed E-state index contributed by atoms with van der Waals surface area (Å²) in [5.41, 5.74) is 6.01. The summed E-state index contributed by atoms with van der Waals surface area (Å²) in [4.78, 5) is 9.75. The Morgan fingerprint density at radius 3 is 2.52 bits per heavy atom. The molecule has 0 spiro atoms. The molecule has 1 aliphatic heterocycles. The number of halogens is 2. The van der Waals surface area contributed by atoms with Crippen LogP contribution in [0.25, 0.3) is 0 Å². The molecule has 128 valence electrons. The number of benzene rings is 2. The van der Waals surface area contributed by atoms with E-state index in [9.17, 15) is 4.39 Å². The molecule has 1 aromatic heterocycles. The van der Waals surface area contributed by atoms with Crippen LogP contribution in [0.15, 0.2) is 73.1 Å². The Bertz CT molecular complexity index is 833. The maximum absolute atomic E-state index is 14.1. The van der Waals surface area contributed by atoms with Gasteiger partial charge >= 0.3 is 0 Å². The third-order valence-electron chi connectivity index (χ3n) is 4.02. The lowest BCUT2D eigenvalue weighted by Crippen LogP contribution is -2.33. The Kier molecular flexibility index (Phi) is 5.31. The van der Waals surface area contributed by atoms with Gasteiger partial charge in [-0.1, -0.05) is 42.5 Å². The molecule has 25 heavy (non-hydrogen) atoms. The highest BCUT2D eigenvalue weighted by atomic mass is 79.9. The van der Waals surface area contributed by atoms with E-state index in [1.165, 1.54) is 6.07 Å². The lowest BCUT2D eigenvalue weighted by molar-refractivity contribution is -0.0472. The van der Waals surface area contributed by atoms with Gasteiger partial charge in [0.2, 0.25) is 0 Å². The number of hydrazine groups is 1. The van der Waals surface area contributed by atoms with Gasteiger partial charge in [-0.2, -0.15) is 0 Å². The van der Waals surface area contributed by atoms with Crippen molar-refractivity contribution in [3.05, 3.63) is 90.0 Å². The van der Waals surface area contributed by atoms with Gasteiger partial charge in [-0.05, 0) is 35.4 Å². The van der Waals surface area contributed by atoms with Crippen molar-refractivity contribution >= 4 is 22.7 Å². The Hall–Kier alpha value is -2.44. The second-order valence-electron chi connectivity index (χ2n) is 5.63. The van der Waals surface area contributed by atoms with Crippen LogP contribution in [0.5, 0.6) is 5.75 Å². The van der Waals surface area contributed by atoms with E-state index < -0.39 is 0 Å². The van der Waals surface area contributed by atoms with Crippen molar-refractivity contribution in [2.45, 2.75) is 12.5 Å². The summed E-state index contributed by atoms with van der Waals surface area (Å²) >= 11 is 0. The van der Waals surface area contributed by atoms with Crippen LogP contribution in [0.1, 0.15) is 17.2 Å². The van der Waals surface area contributed by atoms with Crippen molar-refractivity contribution in [2.75, 3.05) is 5.43 Å². The van der Waals surface area contributed by atoms with Crippen LogP contribution in [0.4, 0.5) is 10.1 Å². The Balaban J connectivity index is 0.00000182. The van der Waals surface area contributed by atoms with Gasteiger partial charge < -0.3 is 4.84 Å². The van der Waals surface area contributed by atoms with Crippen molar-refractivity contribution in [3.8, 4) is 5.75 Å². The molecule has 4 rings (SSSR count). The van der Waals surface area contributed by atoms with E-state index >= 15 is 0 Å². The van der Waals surface area contributed by atoms with E-state index in [2.05, 4.69) is 22.5 Å². The highest BCUT2D eigenvalue weighted by molar-refractivity contribution is 8.93. The average molecular weight is 402 g/mol. The molecule has 2 aromatic carbocycles. The molecule has 1 N–H and O–H groups in total. The fraction of sp³-hybridized carbons (Fsp3) is 0.105. The van der Waals surface area contributed by atoms with Gasteiger partial charge in [0.1, 0.15) is 6.04 Å². The summed E-state index contributed by atoms with van der Waals surface area (Å²) in [5, 5.41) is 1.61. The zero-order valence-corrected chi connectivity index (χ0v) is 15.0. The van der Waals surface area contributed by atoms with Crippen LogP contribution in [-0.4, -0.2) is 10.2 Å².